The zero-order valence-corrected chi connectivity index (χ0v) is 10.8. The molecule has 0 spiro atoms. The van der Waals surface area contributed by atoms with E-state index in [1.807, 2.05) is 31.2 Å². The first kappa shape index (κ1) is 12.3. The lowest BCUT2D eigenvalue weighted by Gasteiger charge is -1.98. The molecule has 0 saturated carbocycles. The molecule has 0 unspecified atom stereocenters. The summed E-state index contributed by atoms with van der Waals surface area (Å²) in [5.41, 5.74) is 7.99. The number of aryl methyl sites for hydroxylation is 1. The van der Waals surface area contributed by atoms with Crippen molar-refractivity contribution < 1.29 is 8.91 Å². The van der Waals surface area contributed by atoms with Gasteiger partial charge in [-0.25, -0.2) is 4.39 Å². The van der Waals surface area contributed by atoms with E-state index in [2.05, 4.69) is 10.1 Å². The second kappa shape index (κ2) is 4.77. The summed E-state index contributed by atoms with van der Waals surface area (Å²) in [6.07, 6.45) is 0. The molecule has 0 bridgehead atoms. The largest absolute Gasteiger partial charge is 0.396 e. The van der Waals surface area contributed by atoms with Crippen molar-refractivity contribution in [2.24, 2.45) is 0 Å². The lowest BCUT2D eigenvalue weighted by molar-refractivity contribution is 0.432. The van der Waals surface area contributed by atoms with E-state index in [1.54, 1.807) is 6.07 Å². The van der Waals surface area contributed by atoms with Gasteiger partial charge >= 0.3 is 0 Å². The maximum absolute atomic E-state index is 13.4. The Morgan fingerprint density at radius 1 is 1.10 bits per heavy atom. The molecule has 0 atom stereocenters. The number of hydrogen-bond donors (Lipinski definition) is 1. The molecule has 100 valence electrons. The third kappa shape index (κ3) is 2.25. The fourth-order valence-corrected chi connectivity index (χ4v) is 1.90. The van der Waals surface area contributed by atoms with Crippen LogP contribution in [0.5, 0.6) is 0 Å². The van der Waals surface area contributed by atoms with Crippen LogP contribution in [0.4, 0.5) is 10.1 Å². The summed E-state index contributed by atoms with van der Waals surface area (Å²) < 4.78 is 18.6. The van der Waals surface area contributed by atoms with Crippen molar-refractivity contribution in [3.05, 3.63) is 53.8 Å². The summed E-state index contributed by atoms with van der Waals surface area (Å²) in [6.45, 7) is 1.99. The first-order valence-electron chi connectivity index (χ1n) is 6.09. The van der Waals surface area contributed by atoms with Gasteiger partial charge in [0.15, 0.2) is 0 Å². The highest BCUT2D eigenvalue weighted by molar-refractivity contribution is 5.62. The molecule has 2 aromatic carbocycles. The minimum Gasteiger partial charge on any atom is -0.396 e. The van der Waals surface area contributed by atoms with Crippen LogP contribution in [-0.2, 0) is 0 Å². The molecule has 4 nitrogen and oxygen atoms in total. The van der Waals surface area contributed by atoms with Crippen molar-refractivity contribution in [3.8, 4) is 22.8 Å². The van der Waals surface area contributed by atoms with Crippen LogP contribution in [0.1, 0.15) is 5.56 Å². The van der Waals surface area contributed by atoms with Crippen molar-refractivity contribution in [3.63, 3.8) is 0 Å². The van der Waals surface area contributed by atoms with Crippen LogP contribution in [0.15, 0.2) is 47.0 Å². The maximum atomic E-state index is 13.4. The van der Waals surface area contributed by atoms with Gasteiger partial charge in [-0.2, -0.15) is 4.98 Å². The van der Waals surface area contributed by atoms with Crippen molar-refractivity contribution in [1.82, 2.24) is 10.1 Å². The predicted octanol–water partition coefficient (Wildman–Crippen LogP) is 3.43. The smallest absolute Gasteiger partial charge is 0.258 e. The van der Waals surface area contributed by atoms with Gasteiger partial charge in [0.05, 0.1) is 5.69 Å². The highest BCUT2D eigenvalue weighted by Gasteiger charge is 2.12. The van der Waals surface area contributed by atoms with Crippen molar-refractivity contribution in [2.45, 2.75) is 6.92 Å². The van der Waals surface area contributed by atoms with Crippen LogP contribution in [0.2, 0.25) is 0 Å². The molecule has 0 saturated heterocycles. The van der Waals surface area contributed by atoms with Gasteiger partial charge in [0, 0.05) is 11.1 Å². The summed E-state index contributed by atoms with van der Waals surface area (Å²) in [4.78, 5) is 4.28. The van der Waals surface area contributed by atoms with E-state index in [4.69, 9.17) is 10.3 Å². The SMILES string of the molecule is Cc1cccc(-c2noc(-c3ccc(N)c(F)c3)n2)c1. The van der Waals surface area contributed by atoms with E-state index in [9.17, 15) is 4.39 Å². The van der Waals surface area contributed by atoms with Crippen LogP contribution >= 0.6 is 0 Å². The quantitative estimate of drug-likeness (QED) is 0.724. The summed E-state index contributed by atoms with van der Waals surface area (Å²) in [5.74, 6) is 0.235. The highest BCUT2D eigenvalue weighted by atomic mass is 19.1. The number of benzene rings is 2. The average Bonchev–Trinajstić information content (AvgIpc) is 2.92. The average molecular weight is 269 g/mol. The summed E-state index contributed by atoms with van der Waals surface area (Å²) in [7, 11) is 0. The Morgan fingerprint density at radius 2 is 1.95 bits per heavy atom. The Bertz CT molecular complexity index is 767. The normalized spacial score (nSPS) is 10.7. The second-order valence-corrected chi connectivity index (χ2v) is 4.53. The number of anilines is 1. The van der Waals surface area contributed by atoms with Gasteiger partial charge < -0.3 is 10.3 Å². The molecule has 1 aromatic heterocycles. The number of rotatable bonds is 2. The van der Waals surface area contributed by atoms with E-state index < -0.39 is 5.82 Å². The van der Waals surface area contributed by atoms with Crippen LogP contribution in [0.25, 0.3) is 22.8 Å². The zero-order chi connectivity index (χ0) is 14.1. The molecule has 20 heavy (non-hydrogen) atoms. The number of nitrogen functional groups attached to an aromatic ring is 1. The fourth-order valence-electron chi connectivity index (χ4n) is 1.90. The maximum Gasteiger partial charge on any atom is 0.258 e. The van der Waals surface area contributed by atoms with Gasteiger partial charge in [-0.15, -0.1) is 0 Å². The number of aromatic nitrogens is 2. The Morgan fingerprint density at radius 3 is 2.70 bits per heavy atom. The minimum atomic E-state index is -0.502. The lowest BCUT2D eigenvalue weighted by atomic mass is 10.1. The summed E-state index contributed by atoms with van der Waals surface area (Å²) in [5, 5.41) is 3.92. The van der Waals surface area contributed by atoms with E-state index in [-0.39, 0.29) is 11.6 Å². The first-order chi connectivity index (χ1) is 9.63. The molecule has 3 aromatic rings. The third-order valence-corrected chi connectivity index (χ3v) is 2.95. The zero-order valence-electron chi connectivity index (χ0n) is 10.8. The molecule has 3 rings (SSSR count). The van der Waals surface area contributed by atoms with Crippen LogP contribution in [0.3, 0.4) is 0 Å². The van der Waals surface area contributed by atoms with E-state index in [0.29, 0.717) is 11.4 Å². The minimum absolute atomic E-state index is 0.0900. The Kier molecular flexibility index (Phi) is 2.95. The highest BCUT2D eigenvalue weighted by Crippen LogP contribution is 2.24. The fraction of sp³-hybridized carbons (Fsp3) is 0.0667. The van der Waals surface area contributed by atoms with Crippen molar-refractivity contribution in [2.75, 3.05) is 5.73 Å². The van der Waals surface area contributed by atoms with E-state index in [1.165, 1.54) is 12.1 Å². The number of nitrogens with two attached hydrogens (primary N) is 1. The number of halogens is 1. The molecule has 0 aliphatic rings. The molecule has 0 aliphatic carbocycles. The standard InChI is InChI=1S/C15H12FN3O/c1-9-3-2-4-10(7-9)14-18-15(20-19-14)11-5-6-13(17)12(16)8-11/h2-8H,17H2,1H3. The van der Waals surface area contributed by atoms with Gasteiger partial charge in [-0.3, -0.25) is 0 Å². The van der Waals surface area contributed by atoms with Crippen molar-refractivity contribution >= 4 is 5.69 Å². The van der Waals surface area contributed by atoms with Crippen LogP contribution < -0.4 is 5.73 Å². The monoisotopic (exact) mass is 269 g/mol. The van der Waals surface area contributed by atoms with E-state index >= 15 is 0 Å². The topological polar surface area (TPSA) is 64.9 Å². The van der Waals surface area contributed by atoms with Crippen molar-refractivity contribution in [1.29, 1.82) is 0 Å². The molecule has 0 radical (unpaired) electrons. The second-order valence-electron chi connectivity index (χ2n) is 4.53. The number of hydrogen-bond acceptors (Lipinski definition) is 4. The van der Waals surface area contributed by atoms with Crippen LogP contribution in [-0.4, -0.2) is 10.1 Å². The Hall–Kier alpha value is -2.69. The Balaban J connectivity index is 1.99. The first-order valence-corrected chi connectivity index (χ1v) is 6.09. The molecular weight excluding hydrogens is 257 g/mol. The van der Waals surface area contributed by atoms with Gasteiger partial charge in [0.25, 0.3) is 5.89 Å². The molecular formula is C15H12FN3O. The molecule has 0 aliphatic heterocycles. The van der Waals surface area contributed by atoms with Crippen LogP contribution in [0, 0.1) is 12.7 Å². The molecule has 1 heterocycles. The third-order valence-electron chi connectivity index (χ3n) is 2.95. The summed E-state index contributed by atoms with van der Waals surface area (Å²) >= 11 is 0. The van der Waals surface area contributed by atoms with Gasteiger partial charge in [-0.1, -0.05) is 28.9 Å². The predicted molar refractivity (Wildman–Crippen MR) is 74.3 cm³/mol. The molecule has 0 amide bonds. The van der Waals surface area contributed by atoms with E-state index in [0.717, 1.165) is 11.1 Å². The molecule has 2 N–H and O–H groups in total. The van der Waals surface area contributed by atoms with Gasteiger partial charge in [0.1, 0.15) is 5.82 Å². The summed E-state index contributed by atoms with van der Waals surface area (Å²) in [6, 6.07) is 12.2. The Labute approximate surface area is 115 Å². The lowest BCUT2D eigenvalue weighted by Crippen LogP contribution is -1.90. The van der Waals surface area contributed by atoms with Gasteiger partial charge in [-0.05, 0) is 31.2 Å². The molecule has 0 fully saturated rings. The van der Waals surface area contributed by atoms with Gasteiger partial charge in [0.2, 0.25) is 5.82 Å². The molecule has 5 heteroatoms. The number of nitrogens with zero attached hydrogens (tertiary/aromatic N) is 2.